The second-order valence-corrected chi connectivity index (χ2v) is 6.40. The van der Waals surface area contributed by atoms with Crippen molar-refractivity contribution in [3.05, 3.63) is 18.0 Å². The minimum Gasteiger partial charge on any atom is -0.381 e. The lowest BCUT2D eigenvalue weighted by atomic mass is 9.98. The Morgan fingerprint density at radius 2 is 2.20 bits per heavy atom. The van der Waals surface area contributed by atoms with Crippen LogP contribution in [0.25, 0.3) is 0 Å². The van der Waals surface area contributed by atoms with E-state index in [1.807, 2.05) is 0 Å². The molecule has 1 aliphatic rings. The third kappa shape index (κ3) is 3.84. The minimum atomic E-state index is -3.52. The summed E-state index contributed by atoms with van der Waals surface area (Å²) in [4.78, 5) is 9.83. The molecule has 2 heterocycles. The van der Waals surface area contributed by atoms with E-state index in [2.05, 4.69) is 14.2 Å². The lowest BCUT2D eigenvalue weighted by Gasteiger charge is -2.43. The van der Waals surface area contributed by atoms with Crippen molar-refractivity contribution in [1.82, 2.24) is 9.97 Å². The SMILES string of the molecule is COCC1(F)CN(c2nccc(COS(C)(=O)=O)n2)C1. The highest BCUT2D eigenvalue weighted by Crippen LogP contribution is 2.28. The van der Waals surface area contributed by atoms with Gasteiger partial charge in [-0.05, 0) is 6.07 Å². The molecule has 0 unspecified atom stereocenters. The maximum absolute atomic E-state index is 13.9. The van der Waals surface area contributed by atoms with E-state index >= 15 is 0 Å². The Hall–Kier alpha value is -1.32. The van der Waals surface area contributed by atoms with E-state index in [1.165, 1.54) is 13.3 Å². The number of ether oxygens (including phenoxy) is 1. The number of halogens is 1. The van der Waals surface area contributed by atoms with E-state index in [4.69, 9.17) is 4.74 Å². The fourth-order valence-electron chi connectivity index (χ4n) is 1.91. The Morgan fingerprint density at radius 3 is 2.80 bits per heavy atom. The molecule has 9 heteroatoms. The third-order valence-electron chi connectivity index (χ3n) is 2.76. The molecule has 1 aliphatic heterocycles. The first-order chi connectivity index (χ1) is 9.31. The first-order valence-corrected chi connectivity index (χ1v) is 7.72. The van der Waals surface area contributed by atoms with Gasteiger partial charge in [0.25, 0.3) is 10.1 Å². The molecule has 0 aliphatic carbocycles. The van der Waals surface area contributed by atoms with Crippen molar-refractivity contribution >= 4 is 16.1 Å². The number of alkyl halides is 1. The largest absolute Gasteiger partial charge is 0.381 e. The van der Waals surface area contributed by atoms with Gasteiger partial charge in [-0.2, -0.15) is 8.42 Å². The number of nitrogens with zero attached hydrogens (tertiary/aromatic N) is 3. The first kappa shape index (κ1) is 15.1. The summed E-state index contributed by atoms with van der Waals surface area (Å²) in [5.41, 5.74) is -0.958. The van der Waals surface area contributed by atoms with Gasteiger partial charge >= 0.3 is 0 Å². The molecule has 1 aromatic heterocycles. The molecule has 0 amide bonds. The van der Waals surface area contributed by atoms with Gasteiger partial charge in [0.15, 0.2) is 5.67 Å². The van der Waals surface area contributed by atoms with Crippen molar-refractivity contribution in [2.24, 2.45) is 0 Å². The number of methoxy groups -OCH3 is 1. The van der Waals surface area contributed by atoms with Crippen molar-refractivity contribution in [3.63, 3.8) is 0 Å². The molecular formula is C11H16FN3O4S. The fourth-order valence-corrected chi connectivity index (χ4v) is 2.25. The van der Waals surface area contributed by atoms with Gasteiger partial charge in [0.1, 0.15) is 6.61 Å². The molecule has 0 radical (unpaired) electrons. The predicted octanol–water partition coefficient (Wildman–Crippen LogP) is 0.128. The standard InChI is InChI=1S/C11H16FN3O4S/c1-18-8-11(12)6-15(7-11)10-13-4-3-9(14-10)5-19-20(2,16)17/h3-4H,5-8H2,1-2H3. The highest BCUT2D eigenvalue weighted by atomic mass is 32.2. The maximum atomic E-state index is 13.9. The molecule has 0 N–H and O–H groups in total. The Morgan fingerprint density at radius 1 is 1.50 bits per heavy atom. The monoisotopic (exact) mass is 305 g/mol. The van der Waals surface area contributed by atoms with Crippen LogP contribution in [0.15, 0.2) is 12.3 Å². The smallest absolute Gasteiger partial charge is 0.264 e. The van der Waals surface area contributed by atoms with Crippen molar-refractivity contribution < 1.29 is 21.7 Å². The minimum absolute atomic E-state index is 0.0282. The van der Waals surface area contributed by atoms with Gasteiger partial charge in [0.2, 0.25) is 5.95 Å². The molecule has 1 fully saturated rings. The Bertz CT molecular complexity index is 575. The molecule has 1 aromatic rings. The zero-order chi connectivity index (χ0) is 14.8. The first-order valence-electron chi connectivity index (χ1n) is 5.90. The molecule has 7 nitrogen and oxygen atoms in total. The lowest BCUT2D eigenvalue weighted by molar-refractivity contribution is 0.0188. The zero-order valence-electron chi connectivity index (χ0n) is 11.2. The second-order valence-electron chi connectivity index (χ2n) is 4.75. The molecule has 20 heavy (non-hydrogen) atoms. The van der Waals surface area contributed by atoms with Crippen LogP contribution in [0.3, 0.4) is 0 Å². The number of rotatable bonds is 6. The molecule has 0 bridgehead atoms. The van der Waals surface area contributed by atoms with Gasteiger partial charge in [0, 0.05) is 13.3 Å². The van der Waals surface area contributed by atoms with E-state index in [9.17, 15) is 12.8 Å². The van der Waals surface area contributed by atoms with Crippen LogP contribution in [0.1, 0.15) is 5.69 Å². The van der Waals surface area contributed by atoms with Crippen LogP contribution in [0.5, 0.6) is 0 Å². The topological polar surface area (TPSA) is 81.6 Å². The Labute approximate surface area is 116 Å². The van der Waals surface area contributed by atoms with Crippen molar-refractivity contribution in [2.45, 2.75) is 12.3 Å². The van der Waals surface area contributed by atoms with Gasteiger partial charge in [-0.3, -0.25) is 4.18 Å². The molecular weight excluding hydrogens is 289 g/mol. The third-order valence-corrected chi connectivity index (χ3v) is 3.30. The van der Waals surface area contributed by atoms with Crippen LogP contribution in [-0.4, -0.2) is 57.1 Å². The average molecular weight is 305 g/mol. The molecule has 1 saturated heterocycles. The Balaban J connectivity index is 1.98. The summed E-state index contributed by atoms with van der Waals surface area (Å²) in [5, 5.41) is 0. The summed E-state index contributed by atoms with van der Waals surface area (Å²) in [7, 11) is -2.08. The van der Waals surface area contributed by atoms with E-state index in [0.29, 0.717) is 11.6 Å². The van der Waals surface area contributed by atoms with Crippen LogP contribution < -0.4 is 4.90 Å². The molecule has 0 atom stereocenters. The van der Waals surface area contributed by atoms with E-state index < -0.39 is 15.8 Å². The van der Waals surface area contributed by atoms with E-state index in [-0.39, 0.29) is 26.3 Å². The van der Waals surface area contributed by atoms with E-state index in [1.54, 1.807) is 11.0 Å². The molecule has 2 rings (SSSR count). The summed E-state index contributed by atoms with van der Waals surface area (Å²) in [6.45, 7) is 0.163. The maximum Gasteiger partial charge on any atom is 0.264 e. The quantitative estimate of drug-likeness (QED) is 0.691. The molecule has 0 saturated carbocycles. The van der Waals surface area contributed by atoms with E-state index in [0.717, 1.165) is 6.26 Å². The van der Waals surface area contributed by atoms with Crippen LogP contribution in [0.2, 0.25) is 0 Å². The van der Waals surface area contributed by atoms with Crippen LogP contribution in [0.4, 0.5) is 10.3 Å². The number of aromatic nitrogens is 2. The molecule has 0 aromatic carbocycles. The van der Waals surface area contributed by atoms with Crippen molar-refractivity contribution in [1.29, 1.82) is 0 Å². The number of hydrogen-bond acceptors (Lipinski definition) is 7. The Kier molecular flexibility index (Phi) is 4.21. The van der Waals surface area contributed by atoms with Gasteiger partial charge in [0.05, 0.1) is 31.6 Å². The molecule has 112 valence electrons. The second kappa shape index (κ2) is 5.58. The van der Waals surface area contributed by atoms with Crippen LogP contribution in [-0.2, 0) is 25.6 Å². The normalized spacial score (nSPS) is 17.9. The summed E-state index contributed by atoms with van der Waals surface area (Å²) in [6.07, 6.45) is 2.45. The summed E-state index contributed by atoms with van der Waals surface area (Å²) < 4.78 is 45.2. The average Bonchev–Trinajstić information content (AvgIpc) is 2.33. The summed E-state index contributed by atoms with van der Waals surface area (Å²) >= 11 is 0. The summed E-state index contributed by atoms with van der Waals surface area (Å²) in [5.74, 6) is 0.351. The highest BCUT2D eigenvalue weighted by molar-refractivity contribution is 7.85. The van der Waals surface area contributed by atoms with Crippen LogP contribution >= 0.6 is 0 Å². The predicted molar refractivity (Wildman–Crippen MR) is 69.6 cm³/mol. The highest BCUT2D eigenvalue weighted by Gasteiger charge is 2.44. The van der Waals surface area contributed by atoms with Gasteiger partial charge in [-0.25, -0.2) is 14.4 Å². The number of hydrogen-bond donors (Lipinski definition) is 0. The van der Waals surface area contributed by atoms with Gasteiger partial charge < -0.3 is 9.64 Å². The summed E-state index contributed by atoms with van der Waals surface area (Å²) in [6, 6.07) is 1.55. The van der Waals surface area contributed by atoms with Crippen LogP contribution in [0, 0.1) is 0 Å². The van der Waals surface area contributed by atoms with Crippen molar-refractivity contribution in [2.75, 3.05) is 38.0 Å². The zero-order valence-corrected chi connectivity index (χ0v) is 12.1. The number of anilines is 1. The molecule has 0 spiro atoms. The fraction of sp³-hybridized carbons (Fsp3) is 0.636. The van der Waals surface area contributed by atoms with Gasteiger partial charge in [-0.1, -0.05) is 0 Å². The lowest BCUT2D eigenvalue weighted by Crippen LogP contribution is -2.62. The van der Waals surface area contributed by atoms with Gasteiger partial charge in [-0.15, -0.1) is 0 Å². The van der Waals surface area contributed by atoms with Crippen molar-refractivity contribution in [3.8, 4) is 0 Å².